The van der Waals surface area contributed by atoms with Gasteiger partial charge in [0.1, 0.15) is 5.75 Å². The molecule has 3 amide bonds. The lowest BCUT2D eigenvalue weighted by molar-refractivity contribution is -0.141. The molecule has 1 aliphatic rings. The molecular weight excluding hydrogens is 448 g/mol. The summed E-state index contributed by atoms with van der Waals surface area (Å²) in [6.45, 7) is 2.37. The molecule has 0 fully saturated rings. The molecule has 35 heavy (non-hydrogen) atoms. The second-order valence-electron chi connectivity index (χ2n) is 7.85. The maximum Gasteiger partial charge on any atom is 0.307 e. The largest absolute Gasteiger partial charge is 0.494 e. The van der Waals surface area contributed by atoms with Crippen LogP contribution in [-0.2, 0) is 9.53 Å². The Labute approximate surface area is 202 Å². The van der Waals surface area contributed by atoms with Crippen molar-refractivity contribution in [3.05, 3.63) is 95.1 Å². The fourth-order valence-corrected chi connectivity index (χ4v) is 3.90. The SMILES string of the molecule is CCOc1ccc(N2C(=O)c3ccc(C(=O)NC(CC(=O)OC)c4ccccc4)cc3C2=O)cc1. The summed E-state index contributed by atoms with van der Waals surface area (Å²) in [5.74, 6) is -1.30. The van der Waals surface area contributed by atoms with E-state index in [1.165, 1.54) is 25.3 Å². The number of nitrogens with zero attached hydrogens (tertiary/aromatic N) is 1. The fraction of sp³-hybridized carbons (Fsp3) is 0.185. The van der Waals surface area contributed by atoms with Crippen molar-refractivity contribution in [3.63, 3.8) is 0 Å². The summed E-state index contributed by atoms with van der Waals surface area (Å²) in [5, 5.41) is 2.83. The predicted molar refractivity (Wildman–Crippen MR) is 128 cm³/mol. The molecule has 0 saturated carbocycles. The van der Waals surface area contributed by atoms with E-state index in [-0.39, 0.29) is 23.1 Å². The highest BCUT2D eigenvalue weighted by Gasteiger charge is 2.37. The normalized spacial score (nSPS) is 13.3. The number of esters is 1. The Balaban J connectivity index is 1.57. The highest BCUT2D eigenvalue weighted by Crippen LogP contribution is 2.30. The Hall–Kier alpha value is -4.46. The van der Waals surface area contributed by atoms with Gasteiger partial charge in [-0.05, 0) is 55.0 Å². The summed E-state index contributed by atoms with van der Waals surface area (Å²) in [4.78, 5) is 52.1. The van der Waals surface area contributed by atoms with Crippen LogP contribution in [0, 0.1) is 0 Å². The van der Waals surface area contributed by atoms with Crippen LogP contribution in [0.3, 0.4) is 0 Å². The highest BCUT2D eigenvalue weighted by molar-refractivity contribution is 6.34. The molecular formula is C27H24N2O6. The molecule has 1 N–H and O–H groups in total. The number of methoxy groups -OCH3 is 1. The first kappa shape index (κ1) is 23.7. The van der Waals surface area contributed by atoms with Gasteiger partial charge in [0.05, 0.1) is 43.0 Å². The predicted octanol–water partition coefficient (Wildman–Crippen LogP) is 3.92. The maximum absolute atomic E-state index is 13.1. The third kappa shape index (κ3) is 4.91. The first-order chi connectivity index (χ1) is 16.9. The number of carbonyl (C=O) groups is 4. The molecule has 1 aliphatic heterocycles. The Morgan fingerprint density at radius 3 is 2.26 bits per heavy atom. The average molecular weight is 472 g/mol. The van der Waals surface area contributed by atoms with Gasteiger partial charge >= 0.3 is 5.97 Å². The molecule has 0 aromatic heterocycles. The summed E-state index contributed by atoms with van der Waals surface area (Å²) in [7, 11) is 1.28. The van der Waals surface area contributed by atoms with Crippen molar-refractivity contribution < 1.29 is 28.7 Å². The van der Waals surface area contributed by atoms with Crippen molar-refractivity contribution in [1.82, 2.24) is 5.32 Å². The number of anilines is 1. The standard InChI is InChI=1S/C27H24N2O6/c1-3-35-20-12-10-19(11-13-20)29-26(32)21-14-9-18(15-22(21)27(29)33)25(31)28-23(16-24(30)34-2)17-7-5-4-6-8-17/h4-15,23H,3,16H2,1-2H3,(H,28,31). The van der Waals surface area contributed by atoms with Gasteiger partial charge in [-0.25, -0.2) is 4.90 Å². The summed E-state index contributed by atoms with van der Waals surface area (Å²) in [6.07, 6.45) is -0.0554. The minimum Gasteiger partial charge on any atom is -0.494 e. The Kier molecular flexibility index (Phi) is 6.91. The van der Waals surface area contributed by atoms with Gasteiger partial charge in [-0.15, -0.1) is 0 Å². The van der Waals surface area contributed by atoms with Gasteiger partial charge in [0.2, 0.25) is 0 Å². The molecule has 1 atom stereocenters. The quantitative estimate of drug-likeness (QED) is 0.394. The summed E-state index contributed by atoms with van der Waals surface area (Å²) in [6, 6.07) is 19.4. The molecule has 3 aromatic rings. The van der Waals surface area contributed by atoms with Crippen LogP contribution in [0.2, 0.25) is 0 Å². The lowest BCUT2D eigenvalue weighted by Crippen LogP contribution is -2.30. The molecule has 178 valence electrons. The van der Waals surface area contributed by atoms with Gasteiger partial charge in [-0.3, -0.25) is 19.2 Å². The summed E-state index contributed by atoms with van der Waals surface area (Å²) >= 11 is 0. The van der Waals surface area contributed by atoms with E-state index in [9.17, 15) is 19.2 Å². The molecule has 4 rings (SSSR count). The molecule has 0 radical (unpaired) electrons. The van der Waals surface area contributed by atoms with Gasteiger partial charge in [-0.2, -0.15) is 0 Å². The van der Waals surface area contributed by atoms with Crippen LogP contribution in [0.15, 0.2) is 72.8 Å². The first-order valence-electron chi connectivity index (χ1n) is 11.1. The molecule has 8 heteroatoms. The van der Waals surface area contributed by atoms with E-state index in [1.807, 2.05) is 13.0 Å². The van der Waals surface area contributed by atoms with E-state index in [4.69, 9.17) is 9.47 Å². The summed E-state index contributed by atoms with van der Waals surface area (Å²) < 4.78 is 10.2. The molecule has 0 bridgehead atoms. The number of imide groups is 1. The minimum atomic E-state index is -0.623. The Bertz CT molecular complexity index is 1270. The van der Waals surface area contributed by atoms with E-state index in [0.717, 1.165) is 10.5 Å². The molecule has 1 heterocycles. The number of hydrogen-bond acceptors (Lipinski definition) is 6. The molecule has 0 saturated heterocycles. The number of hydrogen-bond donors (Lipinski definition) is 1. The third-order valence-corrected chi connectivity index (χ3v) is 5.66. The fourth-order valence-electron chi connectivity index (χ4n) is 3.90. The number of amides is 3. The smallest absolute Gasteiger partial charge is 0.307 e. The van der Waals surface area contributed by atoms with Gasteiger partial charge in [0, 0.05) is 5.56 Å². The van der Waals surface area contributed by atoms with Crippen molar-refractivity contribution in [3.8, 4) is 5.75 Å². The minimum absolute atomic E-state index is 0.0554. The van der Waals surface area contributed by atoms with Crippen molar-refractivity contribution in [1.29, 1.82) is 0 Å². The monoisotopic (exact) mass is 472 g/mol. The second kappa shape index (κ2) is 10.2. The van der Waals surface area contributed by atoms with Crippen LogP contribution in [0.1, 0.15) is 56.0 Å². The van der Waals surface area contributed by atoms with E-state index >= 15 is 0 Å². The Morgan fingerprint density at radius 2 is 1.60 bits per heavy atom. The van der Waals surface area contributed by atoms with Gasteiger partial charge in [-0.1, -0.05) is 30.3 Å². The van der Waals surface area contributed by atoms with Crippen molar-refractivity contribution in [2.45, 2.75) is 19.4 Å². The van der Waals surface area contributed by atoms with Gasteiger partial charge in [0.15, 0.2) is 0 Å². The van der Waals surface area contributed by atoms with E-state index in [2.05, 4.69) is 5.32 Å². The molecule has 0 spiro atoms. The molecule has 1 unspecified atom stereocenters. The van der Waals surface area contributed by atoms with E-state index in [1.54, 1.807) is 48.5 Å². The molecule has 3 aromatic carbocycles. The van der Waals surface area contributed by atoms with Crippen molar-refractivity contribution >= 4 is 29.4 Å². The number of carbonyl (C=O) groups excluding carboxylic acids is 4. The zero-order valence-electron chi connectivity index (χ0n) is 19.3. The van der Waals surface area contributed by atoms with Crippen molar-refractivity contribution in [2.24, 2.45) is 0 Å². The van der Waals surface area contributed by atoms with Gasteiger partial charge < -0.3 is 14.8 Å². The highest BCUT2D eigenvalue weighted by atomic mass is 16.5. The maximum atomic E-state index is 13.1. The lowest BCUT2D eigenvalue weighted by Gasteiger charge is -2.18. The zero-order valence-corrected chi connectivity index (χ0v) is 19.3. The van der Waals surface area contributed by atoms with Crippen molar-refractivity contribution in [2.75, 3.05) is 18.6 Å². The van der Waals surface area contributed by atoms with E-state index in [0.29, 0.717) is 18.0 Å². The Morgan fingerprint density at radius 1 is 0.914 bits per heavy atom. The van der Waals surface area contributed by atoms with Crippen LogP contribution in [0.5, 0.6) is 5.75 Å². The molecule has 0 aliphatic carbocycles. The van der Waals surface area contributed by atoms with Gasteiger partial charge in [0.25, 0.3) is 17.7 Å². The topological polar surface area (TPSA) is 102 Å². The number of fused-ring (bicyclic) bond motifs is 1. The van der Waals surface area contributed by atoms with E-state index < -0.39 is 29.7 Å². The first-order valence-corrected chi connectivity index (χ1v) is 11.1. The summed E-state index contributed by atoms with van der Waals surface area (Å²) in [5.41, 5.74) is 1.70. The van der Waals surface area contributed by atoms with Crippen LogP contribution >= 0.6 is 0 Å². The number of benzene rings is 3. The number of nitrogens with one attached hydrogen (secondary N) is 1. The lowest BCUT2D eigenvalue weighted by atomic mass is 10.0. The third-order valence-electron chi connectivity index (χ3n) is 5.66. The number of ether oxygens (including phenoxy) is 2. The number of rotatable bonds is 8. The van der Waals surface area contributed by atoms with Crippen LogP contribution in [-0.4, -0.2) is 37.4 Å². The second-order valence-corrected chi connectivity index (χ2v) is 7.85. The average Bonchev–Trinajstić information content (AvgIpc) is 3.13. The zero-order chi connectivity index (χ0) is 24.9. The van der Waals surface area contributed by atoms with Crippen LogP contribution < -0.4 is 15.0 Å². The van der Waals surface area contributed by atoms with Crippen LogP contribution in [0.4, 0.5) is 5.69 Å². The van der Waals surface area contributed by atoms with Crippen LogP contribution in [0.25, 0.3) is 0 Å². The molecule has 8 nitrogen and oxygen atoms in total.